The second-order valence-electron chi connectivity index (χ2n) is 6.39. The molecule has 0 aliphatic carbocycles. The fourth-order valence-corrected chi connectivity index (χ4v) is 4.16. The lowest BCUT2D eigenvalue weighted by atomic mass is 10.2. The van der Waals surface area contributed by atoms with Gasteiger partial charge in [0.15, 0.2) is 5.17 Å². The maximum atomic E-state index is 13.6. The SMILES string of the molecule is Cn1cccc1/C=C1/SC(=Nc2ccc(F)c(Cl)c2)N(c2ccc(F)c(Cl)c2)C1=O. The first-order valence-corrected chi connectivity index (χ1v) is 10.2. The quantitative estimate of drug-likeness (QED) is 0.420. The van der Waals surface area contributed by atoms with Crippen LogP contribution in [0.2, 0.25) is 10.0 Å². The summed E-state index contributed by atoms with van der Waals surface area (Å²) in [5, 5.41) is 0.113. The summed E-state index contributed by atoms with van der Waals surface area (Å²) in [6.07, 6.45) is 3.61. The molecule has 4 nitrogen and oxygen atoms in total. The minimum absolute atomic E-state index is 0.0814. The third kappa shape index (κ3) is 4.01. The van der Waals surface area contributed by atoms with Crippen LogP contribution in [0.5, 0.6) is 0 Å². The van der Waals surface area contributed by atoms with E-state index in [4.69, 9.17) is 23.2 Å². The van der Waals surface area contributed by atoms with Gasteiger partial charge in [-0.05, 0) is 66.4 Å². The Morgan fingerprint density at radius 3 is 2.37 bits per heavy atom. The van der Waals surface area contributed by atoms with Crippen molar-refractivity contribution < 1.29 is 13.6 Å². The van der Waals surface area contributed by atoms with E-state index in [0.717, 1.165) is 17.5 Å². The number of rotatable bonds is 3. The summed E-state index contributed by atoms with van der Waals surface area (Å²) in [5.41, 5.74) is 1.56. The van der Waals surface area contributed by atoms with Crippen molar-refractivity contribution in [3.63, 3.8) is 0 Å². The second-order valence-corrected chi connectivity index (χ2v) is 8.21. The number of anilines is 1. The fourth-order valence-electron chi connectivity index (χ4n) is 2.82. The molecule has 1 aliphatic rings. The van der Waals surface area contributed by atoms with Gasteiger partial charge in [-0.3, -0.25) is 9.69 Å². The van der Waals surface area contributed by atoms with Crippen molar-refractivity contribution >= 4 is 63.5 Å². The van der Waals surface area contributed by atoms with Crippen LogP contribution in [0.1, 0.15) is 5.69 Å². The molecule has 9 heteroatoms. The molecule has 1 amide bonds. The molecule has 0 atom stereocenters. The minimum Gasteiger partial charge on any atom is -0.351 e. The van der Waals surface area contributed by atoms with Gasteiger partial charge in [-0.1, -0.05) is 23.2 Å². The predicted octanol–water partition coefficient (Wildman–Crippen LogP) is 6.42. The van der Waals surface area contributed by atoms with Crippen LogP contribution in [-0.4, -0.2) is 15.6 Å². The first-order valence-electron chi connectivity index (χ1n) is 8.67. The molecule has 0 radical (unpaired) electrons. The Morgan fingerprint density at radius 2 is 1.73 bits per heavy atom. The number of nitrogens with zero attached hydrogens (tertiary/aromatic N) is 3. The van der Waals surface area contributed by atoms with Gasteiger partial charge in [0.1, 0.15) is 11.6 Å². The summed E-state index contributed by atoms with van der Waals surface area (Å²) in [6, 6.07) is 11.7. The van der Waals surface area contributed by atoms with Crippen molar-refractivity contribution in [2.24, 2.45) is 12.0 Å². The number of benzene rings is 2. The Hall–Kier alpha value is -2.61. The molecule has 4 rings (SSSR count). The third-order valence-electron chi connectivity index (χ3n) is 4.36. The van der Waals surface area contributed by atoms with Crippen molar-refractivity contribution in [2.75, 3.05) is 4.90 Å². The van der Waals surface area contributed by atoms with Crippen LogP contribution in [0.15, 0.2) is 64.6 Å². The summed E-state index contributed by atoms with van der Waals surface area (Å²) in [7, 11) is 1.86. The van der Waals surface area contributed by atoms with Crippen LogP contribution in [0.25, 0.3) is 6.08 Å². The van der Waals surface area contributed by atoms with Crippen LogP contribution in [0.3, 0.4) is 0 Å². The first-order chi connectivity index (χ1) is 14.3. The highest BCUT2D eigenvalue weighted by Crippen LogP contribution is 2.38. The summed E-state index contributed by atoms with van der Waals surface area (Å²) < 4.78 is 29.0. The lowest BCUT2D eigenvalue weighted by Gasteiger charge is -2.16. The van der Waals surface area contributed by atoms with Gasteiger partial charge in [-0.15, -0.1) is 0 Å². The van der Waals surface area contributed by atoms with Gasteiger partial charge in [0.05, 0.1) is 26.3 Å². The fraction of sp³-hybridized carbons (Fsp3) is 0.0476. The number of thioether (sulfide) groups is 1. The Labute approximate surface area is 185 Å². The van der Waals surface area contributed by atoms with Gasteiger partial charge in [0.2, 0.25) is 0 Å². The van der Waals surface area contributed by atoms with Crippen molar-refractivity contribution in [3.05, 3.63) is 87.0 Å². The van der Waals surface area contributed by atoms with Crippen molar-refractivity contribution in [1.82, 2.24) is 4.57 Å². The average molecular weight is 464 g/mol. The molecule has 1 aromatic heterocycles. The predicted molar refractivity (Wildman–Crippen MR) is 118 cm³/mol. The second kappa shape index (κ2) is 8.26. The highest BCUT2D eigenvalue weighted by molar-refractivity contribution is 8.19. The summed E-state index contributed by atoms with van der Waals surface area (Å²) >= 11 is 12.9. The standard InChI is InChI=1S/C21H13Cl2F2N3OS/c1-27-8-2-3-13(27)11-19-20(29)28(14-5-7-18(25)16(23)10-14)21(30-19)26-12-4-6-17(24)15(22)9-12/h2-11H,1H3/b19-11+,26-21?. The Morgan fingerprint density at radius 1 is 1.03 bits per heavy atom. The molecule has 152 valence electrons. The summed E-state index contributed by atoms with van der Waals surface area (Å²) in [4.78, 5) is 19.4. The van der Waals surface area contributed by atoms with E-state index < -0.39 is 11.6 Å². The van der Waals surface area contributed by atoms with Gasteiger partial charge >= 0.3 is 0 Å². The van der Waals surface area contributed by atoms with E-state index in [9.17, 15) is 13.6 Å². The zero-order valence-corrected chi connectivity index (χ0v) is 17.8. The number of carbonyl (C=O) groups is 1. The number of hydrogen-bond donors (Lipinski definition) is 0. The van der Waals surface area contributed by atoms with Crippen LogP contribution in [0, 0.1) is 11.6 Å². The first kappa shape index (κ1) is 20.7. The van der Waals surface area contributed by atoms with E-state index in [-0.39, 0.29) is 16.0 Å². The molecule has 0 unspecified atom stereocenters. The van der Waals surface area contributed by atoms with E-state index in [1.807, 2.05) is 29.9 Å². The number of aromatic nitrogens is 1. The van der Waals surface area contributed by atoms with Gasteiger partial charge in [-0.25, -0.2) is 13.8 Å². The van der Waals surface area contributed by atoms with Crippen molar-refractivity contribution in [3.8, 4) is 0 Å². The van der Waals surface area contributed by atoms with Crippen LogP contribution in [0.4, 0.5) is 20.2 Å². The van der Waals surface area contributed by atoms with E-state index >= 15 is 0 Å². The lowest BCUT2D eigenvalue weighted by Crippen LogP contribution is -2.28. The van der Waals surface area contributed by atoms with Crippen molar-refractivity contribution in [1.29, 1.82) is 0 Å². The molecular formula is C21H13Cl2F2N3OS. The molecule has 1 saturated heterocycles. The van der Waals surface area contributed by atoms with E-state index in [2.05, 4.69) is 4.99 Å². The molecule has 2 aromatic carbocycles. The van der Waals surface area contributed by atoms with E-state index in [1.165, 1.54) is 41.3 Å². The molecule has 0 bridgehead atoms. The monoisotopic (exact) mass is 463 g/mol. The zero-order valence-electron chi connectivity index (χ0n) is 15.4. The average Bonchev–Trinajstić information content (AvgIpc) is 3.24. The molecular weight excluding hydrogens is 451 g/mol. The highest BCUT2D eigenvalue weighted by atomic mass is 35.5. The maximum absolute atomic E-state index is 13.6. The van der Waals surface area contributed by atoms with Gasteiger partial charge in [-0.2, -0.15) is 0 Å². The number of hydrogen-bond acceptors (Lipinski definition) is 3. The molecule has 0 saturated carbocycles. The Kier molecular flexibility index (Phi) is 5.69. The number of amides is 1. The van der Waals surface area contributed by atoms with E-state index in [1.54, 1.807) is 6.08 Å². The number of carbonyl (C=O) groups excluding carboxylic acids is 1. The molecule has 1 fully saturated rings. The smallest absolute Gasteiger partial charge is 0.271 e. The lowest BCUT2D eigenvalue weighted by molar-refractivity contribution is -0.113. The molecule has 0 N–H and O–H groups in total. The maximum Gasteiger partial charge on any atom is 0.271 e. The third-order valence-corrected chi connectivity index (χ3v) is 5.91. The van der Waals surface area contributed by atoms with Gasteiger partial charge in [0, 0.05) is 18.9 Å². The molecule has 1 aliphatic heterocycles. The van der Waals surface area contributed by atoms with E-state index in [0.29, 0.717) is 21.4 Å². The number of aryl methyl sites for hydroxylation is 1. The normalized spacial score (nSPS) is 16.8. The number of aliphatic imine (C=N–C) groups is 1. The molecule has 3 aromatic rings. The van der Waals surface area contributed by atoms with Crippen LogP contribution >= 0.6 is 35.0 Å². The number of amidine groups is 1. The van der Waals surface area contributed by atoms with Crippen molar-refractivity contribution in [2.45, 2.75) is 0 Å². The van der Waals surface area contributed by atoms with Crippen LogP contribution < -0.4 is 4.90 Å². The Bertz CT molecular complexity index is 1220. The molecule has 30 heavy (non-hydrogen) atoms. The van der Waals surface area contributed by atoms with Gasteiger partial charge in [0.25, 0.3) is 5.91 Å². The molecule has 0 spiro atoms. The largest absolute Gasteiger partial charge is 0.351 e. The summed E-state index contributed by atoms with van der Waals surface area (Å²) in [5.74, 6) is -1.50. The highest BCUT2D eigenvalue weighted by Gasteiger charge is 2.35. The number of halogens is 4. The topological polar surface area (TPSA) is 37.6 Å². The minimum atomic E-state index is -0.594. The zero-order chi connectivity index (χ0) is 21.4. The Balaban J connectivity index is 1.81. The van der Waals surface area contributed by atoms with Gasteiger partial charge < -0.3 is 4.57 Å². The van der Waals surface area contributed by atoms with Crippen LogP contribution in [-0.2, 0) is 11.8 Å². The summed E-state index contributed by atoms with van der Waals surface area (Å²) in [6.45, 7) is 0. The molecule has 2 heterocycles.